The number of hydrogen-bond acceptors (Lipinski definition) is 6. The van der Waals surface area contributed by atoms with Crippen LogP contribution in [0, 0.1) is 0 Å². The second kappa shape index (κ2) is 6.02. The summed E-state index contributed by atoms with van der Waals surface area (Å²) >= 11 is 0. The molecule has 0 fully saturated rings. The number of nitrogens with one attached hydrogen (secondary N) is 1. The summed E-state index contributed by atoms with van der Waals surface area (Å²) in [5.41, 5.74) is 6.76. The molecule has 0 spiro atoms. The zero-order valence-electron chi connectivity index (χ0n) is 10.2. The lowest BCUT2D eigenvalue weighted by atomic mass is 10.3. The van der Waals surface area contributed by atoms with Crippen molar-refractivity contribution in [3.63, 3.8) is 0 Å². The second-order valence-corrected chi connectivity index (χ2v) is 3.72. The lowest BCUT2D eigenvalue weighted by Gasteiger charge is -2.07. The third-order valence-corrected chi connectivity index (χ3v) is 2.28. The van der Waals surface area contributed by atoms with Crippen LogP contribution in [0.2, 0.25) is 0 Å². The number of hydrogen-bond donors (Lipinski definition) is 2. The summed E-state index contributed by atoms with van der Waals surface area (Å²) in [6.45, 7) is 3.53. The Morgan fingerprint density at radius 1 is 1.44 bits per heavy atom. The Bertz CT molecular complexity index is 485. The molecule has 2 aromatic rings. The van der Waals surface area contributed by atoms with E-state index in [9.17, 15) is 0 Å². The minimum atomic E-state index is 0.363. The molecule has 0 amide bonds. The number of nitrogen functional groups attached to an aromatic ring is 1. The molecule has 96 valence electrons. The van der Waals surface area contributed by atoms with Crippen LogP contribution in [0.1, 0.15) is 18.3 Å². The van der Waals surface area contributed by atoms with Crippen LogP contribution in [0.25, 0.3) is 0 Å². The molecule has 0 atom stereocenters. The Labute approximate surface area is 105 Å². The summed E-state index contributed by atoms with van der Waals surface area (Å²) < 4.78 is 10.2. The van der Waals surface area contributed by atoms with Gasteiger partial charge in [0.2, 0.25) is 0 Å². The van der Waals surface area contributed by atoms with Gasteiger partial charge in [0, 0.05) is 24.8 Å². The minimum Gasteiger partial charge on any atom is -0.472 e. The molecule has 6 heteroatoms. The molecule has 0 aliphatic heterocycles. The number of nitrogens with two attached hydrogens (primary N) is 1. The predicted octanol–water partition coefficient (Wildman–Crippen LogP) is 1.80. The lowest BCUT2D eigenvalue weighted by Crippen LogP contribution is -2.07. The Balaban J connectivity index is 2.00. The fraction of sp³-hybridized carbons (Fsp3) is 0.333. The topological polar surface area (TPSA) is 86.2 Å². The number of furan rings is 1. The van der Waals surface area contributed by atoms with E-state index in [-0.39, 0.29) is 0 Å². The van der Waals surface area contributed by atoms with Gasteiger partial charge in [0.1, 0.15) is 18.2 Å². The number of aromatic nitrogens is 2. The maximum Gasteiger partial charge on any atom is 0.158 e. The first-order valence-corrected chi connectivity index (χ1v) is 5.74. The number of anilines is 2. The number of ether oxygens (including phenoxy) is 1. The SMILES string of the molecule is CCOCc1nc(N)cc(NCc2ccoc2)n1. The van der Waals surface area contributed by atoms with Gasteiger partial charge in [-0.25, -0.2) is 9.97 Å². The standard InChI is InChI=1S/C12H16N4O2/c1-2-17-8-12-15-10(13)5-11(16-12)14-6-9-3-4-18-7-9/h3-5,7H,2,6,8H2,1H3,(H3,13,14,15,16). The minimum absolute atomic E-state index is 0.363. The Morgan fingerprint density at radius 2 is 2.33 bits per heavy atom. The van der Waals surface area contributed by atoms with Gasteiger partial charge in [0.15, 0.2) is 5.82 Å². The van der Waals surface area contributed by atoms with Crippen molar-refractivity contribution in [2.45, 2.75) is 20.1 Å². The molecule has 3 N–H and O–H groups in total. The summed E-state index contributed by atoms with van der Waals surface area (Å²) in [4.78, 5) is 8.41. The van der Waals surface area contributed by atoms with Crippen molar-refractivity contribution < 1.29 is 9.15 Å². The van der Waals surface area contributed by atoms with Crippen LogP contribution in [0.4, 0.5) is 11.6 Å². The normalized spacial score (nSPS) is 10.5. The smallest absolute Gasteiger partial charge is 0.158 e. The molecule has 0 saturated carbocycles. The zero-order chi connectivity index (χ0) is 12.8. The summed E-state index contributed by atoms with van der Waals surface area (Å²) in [5, 5.41) is 3.16. The van der Waals surface area contributed by atoms with E-state index in [1.807, 2.05) is 13.0 Å². The van der Waals surface area contributed by atoms with E-state index in [1.54, 1.807) is 18.6 Å². The van der Waals surface area contributed by atoms with Crippen LogP contribution in [0.3, 0.4) is 0 Å². The maximum atomic E-state index is 5.71. The Morgan fingerprint density at radius 3 is 3.06 bits per heavy atom. The van der Waals surface area contributed by atoms with Crippen molar-refractivity contribution in [1.82, 2.24) is 9.97 Å². The molecule has 0 saturated heterocycles. The molecular weight excluding hydrogens is 232 g/mol. The molecule has 0 bridgehead atoms. The molecule has 2 rings (SSSR count). The van der Waals surface area contributed by atoms with Crippen LogP contribution in [0.15, 0.2) is 29.1 Å². The average molecular weight is 248 g/mol. The van der Waals surface area contributed by atoms with E-state index < -0.39 is 0 Å². The van der Waals surface area contributed by atoms with Gasteiger partial charge in [-0.05, 0) is 13.0 Å². The Hall–Kier alpha value is -2.08. The van der Waals surface area contributed by atoms with Crippen molar-refractivity contribution in [2.24, 2.45) is 0 Å². The zero-order valence-corrected chi connectivity index (χ0v) is 10.2. The van der Waals surface area contributed by atoms with E-state index >= 15 is 0 Å². The molecule has 6 nitrogen and oxygen atoms in total. The first kappa shape index (κ1) is 12.4. The third-order valence-electron chi connectivity index (χ3n) is 2.28. The fourth-order valence-electron chi connectivity index (χ4n) is 1.45. The van der Waals surface area contributed by atoms with Gasteiger partial charge in [-0.2, -0.15) is 0 Å². The summed E-state index contributed by atoms with van der Waals surface area (Å²) in [6, 6.07) is 3.58. The predicted molar refractivity (Wildman–Crippen MR) is 67.8 cm³/mol. The molecule has 0 unspecified atom stereocenters. The number of nitrogens with zero attached hydrogens (tertiary/aromatic N) is 2. The quantitative estimate of drug-likeness (QED) is 0.810. The van der Waals surface area contributed by atoms with Gasteiger partial charge >= 0.3 is 0 Å². The van der Waals surface area contributed by atoms with Gasteiger partial charge < -0.3 is 20.2 Å². The van der Waals surface area contributed by atoms with E-state index in [0.717, 1.165) is 5.56 Å². The average Bonchev–Trinajstić information content (AvgIpc) is 2.86. The van der Waals surface area contributed by atoms with Crippen molar-refractivity contribution in [3.05, 3.63) is 36.0 Å². The van der Waals surface area contributed by atoms with Crippen molar-refractivity contribution in [3.8, 4) is 0 Å². The van der Waals surface area contributed by atoms with E-state index in [2.05, 4.69) is 15.3 Å². The molecule has 18 heavy (non-hydrogen) atoms. The van der Waals surface area contributed by atoms with Gasteiger partial charge in [-0.1, -0.05) is 0 Å². The van der Waals surface area contributed by atoms with Gasteiger partial charge in [-0.3, -0.25) is 0 Å². The highest BCUT2D eigenvalue weighted by atomic mass is 16.5. The van der Waals surface area contributed by atoms with Crippen LogP contribution in [-0.4, -0.2) is 16.6 Å². The molecule has 0 aromatic carbocycles. The summed E-state index contributed by atoms with van der Waals surface area (Å²) in [5.74, 6) is 1.68. The third kappa shape index (κ3) is 3.46. The van der Waals surface area contributed by atoms with Crippen molar-refractivity contribution in [2.75, 3.05) is 17.7 Å². The molecule has 2 aromatic heterocycles. The molecule has 2 heterocycles. The van der Waals surface area contributed by atoms with E-state index in [0.29, 0.717) is 37.2 Å². The van der Waals surface area contributed by atoms with E-state index in [1.165, 1.54) is 0 Å². The number of rotatable bonds is 6. The monoisotopic (exact) mass is 248 g/mol. The van der Waals surface area contributed by atoms with Gasteiger partial charge in [-0.15, -0.1) is 0 Å². The fourth-order valence-corrected chi connectivity index (χ4v) is 1.45. The summed E-state index contributed by atoms with van der Waals surface area (Å²) in [7, 11) is 0. The van der Waals surface area contributed by atoms with Crippen molar-refractivity contribution >= 4 is 11.6 Å². The van der Waals surface area contributed by atoms with Gasteiger partial charge in [0.25, 0.3) is 0 Å². The first-order valence-electron chi connectivity index (χ1n) is 5.74. The van der Waals surface area contributed by atoms with Crippen LogP contribution >= 0.6 is 0 Å². The van der Waals surface area contributed by atoms with E-state index in [4.69, 9.17) is 14.9 Å². The molecule has 0 radical (unpaired) electrons. The second-order valence-electron chi connectivity index (χ2n) is 3.72. The highest BCUT2D eigenvalue weighted by Crippen LogP contribution is 2.11. The maximum absolute atomic E-state index is 5.71. The summed E-state index contributed by atoms with van der Waals surface area (Å²) in [6.07, 6.45) is 3.31. The molecular formula is C12H16N4O2. The van der Waals surface area contributed by atoms with Crippen LogP contribution in [0.5, 0.6) is 0 Å². The largest absolute Gasteiger partial charge is 0.472 e. The first-order chi connectivity index (χ1) is 8.78. The van der Waals surface area contributed by atoms with Crippen LogP contribution < -0.4 is 11.1 Å². The van der Waals surface area contributed by atoms with Crippen LogP contribution in [-0.2, 0) is 17.9 Å². The van der Waals surface area contributed by atoms with Crippen molar-refractivity contribution in [1.29, 1.82) is 0 Å². The molecule has 0 aliphatic carbocycles. The lowest BCUT2D eigenvalue weighted by molar-refractivity contribution is 0.128. The molecule has 0 aliphatic rings. The van der Waals surface area contributed by atoms with Gasteiger partial charge in [0.05, 0.1) is 12.5 Å². The highest BCUT2D eigenvalue weighted by Gasteiger charge is 2.03. The Kier molecular flexibility index (Phi) is 4.14. The highest BCUT2D eigenvalue weighted by molar-refractivity contribution is 5.44.